The molecule has 0 atom stereocenters. The van der Waals surface area contributed by atoms with Gasteiger partial charge in [-0.15, -0.1) is 0 Å². The van der Waals surface area contributed by atoms with Crippen LogP contribution in [-0.2, 0) is 10.0 Å². The van der Waals surface area contributed by atoms with Gasteiger partial charge in [0.05, 0.1) is 11.3 Å². The average Bonchev–Trinajstić information content (AvgIpc) is 2.83. The molecule has 0 bridgehead atoms. The minimum Gasteiger partial charge on any atom is -0.362 e. The van der Waals surface area contributed by atoms with Crippen molar-refractivity contribution in [1.82, 2.24) is 14.7 Å². The molecule has 7 nitrogen and oxygen atoms in total. The van der Waals surface area contributed by atoms with Crippen LogP contribution in [0.3, 0.4) is 0 Å². The Balaban J connectivity index is 1.38. The lowest BCUT2D eigenvalue weighted by molar-refractivity contribution is 0.284. The van der Waals surface area contributed by atoms with Crippen LogP contribution in [0.2, 0.25) is 0 Å². The van der Waals surface area contributed by atoms with Gasteiger partial charge in [0.25, 0.3) is 0 Å². The highest BCUT2D eigenvalue weighted by molar-refractivity contribution is 7.89. The minimum absolute atomic E-state index is 0.263. The molecule has 0 aliphatic heterocycles. The molecule has 1 fully saturated rings. The first-order chi connectivity index (χ1) is 16.4. The van der Waals surface area contributed by atoms with Gasteiger partial charge >= 0.3 is 0 Å². The van der Waals surface area contributed by atoms with Crippen LogP contribution in [-0.4, -0.2) is 51.3 Å². The van der Waals surface area contributed by atoms with Crippen LogP contribution in [0.1, 0.15) is 71.1 Å². The fourth-order valence-corrected chi connectivity index (χ4v) is 5.96. The van der Waals surface area contributed by atoms with Gasteiger partial charge in [-0.1, -0.05) is 51.2 Å². The molecule has 2 N–H and O–H groups in total. The second-order valence-corrected chi connectivity index (χ2v) is 11.9. The fourth-order valence-electron chi connectivity index (χ4n) is 4.74. The van der Waals surface area contributed by atoms with E-state index in [1.807, 2.05) is 37.2 Å². The molecule has 0 amide bonds. The summed E-state index contributed by atoms with van der Waals surface area (Å²) in [6.45, 7) is 3.62. The quantitative estimate of drug-likeness (QED) is 0.355. The second kappa shape index (κ2) is 13.2. The van der Waals surface area contributed by atoms with Gasteiger partial charge < -0.3 is 10.2 Å². The smallest absolute Gasteiger partial charge is 0.225 e. The maximum absolute atomic E-state index is 12.3. The summed E-state index contributed by atoms with van der Waals surface area (Å²) in [6, 6.07) is 8.09. The van der Waals surface area contributed by atoms with Crippen LogP contribution in [0.4, 0.5) is 11.8 Å². The molecule has 1 aromatic heterocycles. The Labute approximate surface area is 206 Å². The van der Waals surface area contributed by atoms with Crippen molar-refractivity contribution in [3.8, 4) is 0 Å². The molecule has 1 aromatic carbocycles. The monoisotopic (exact) mass is 489 g/mol. The zero-order valence-electron chi connectivity index (χ0n) is 21.2. The number of nitrogens with one attached hydrogen (secondary N) is 2. The zero-order chi connectivity index (χ0) is 24.4. The maximum atomic E-state index is 12.3. The standard InChI is InChI=1S/C26H43N5O2S/c1-4-5-6-7-8-11-18-34(32,33)28-20-22-16-14-21(15-17-22)19-27-26-29-24-13-10-9-12-23(24)25(30-26)31(2)3/h9-10,12-13,21-22,28H,4-8,11,14-20H2,1-3H3,(H,27,29,30)/t21-,22-. The number of nitrogens with zero attached hydrogens (tertiary/aromatic N) is 3. The summed E-state index contributed by atoms with van der Waals surface area (Å²) >= 11 is 0. The molecule has 3 rings (SSSR count). The number of aromatic nitrogens is 2. The summed E-state index contributed by atoms with van der Waals surface area (Å²) in [4.78, 5) is 11.4. The third-order valence-electron chi connectivity index (χ3n) is 6.88. The van der Waals surface area contributed by atoms with E-state index >= 15 is 0 Å². The number of hydrogen-bond donors (Lipinski definition) is 2. The van der Waals surface area contributed by atoms with Crippen molar-refractivity contribution in [2.75, 3.05) is 43.2 Å². The zero-order valence-corrected chi connectivity index (χ0v) is 22.0. The van der Waals surface area contributed by atoms with E-state index in [9.17, 15) is 8.42 Å². The summed E-state index contributed by atoms with van der Waals surface area (Å²) < 4.78 is 27.5. The highest BCUT2D eigenvalue weighted by Gasteiger charge is 2.23. The van der Waals surface area contributed by atoms with Crippen molar-refractivity contribution in [2.24, 2.45) is 11.8 Å². The van der Waals surface area contributed by atoms with Crippen molar-refractivity contribution < 1.29 is 8.42 Å². The Hall–Kier alpha value is -1.93. The largest absolute Gasteiger partial charge is 0.362 e. The molecule has 190 valence electrons. The summed E-state index contributed by atoms with van der Waals surface area (Å²) in [5, 5.41) is 4.51. The molecule has 1 saturated carbocycles. The van der Waals surface area contributed by atoms with Crippen LogP contribution in [0.25, 0.3) is 10.9 Å². The number of unbranched alkanes of at least 4 members (excludes halogenated alkanes) is 5. The molecule has 1 aliphatic carbocycles. The van der Waals surface area contributed by atoms with E-state index in [1.54, 1.807) is 0 Å². The number of sulfonamides is 1. The van der Waals surface area contributed by atoms with Crippen LogP contribution >= 0.6 is 0 Å². The van der Waals surface area contributed by atoms with Gasteiger partial charge in [0, 0.05) is 32.6 Å². The molecule has 0 spiro atoms. The van der Waals surface area contributed by atoms with Crippen molar-refractivity contribution >= 4 is 32.7 Å². The lowest BCUT2D eigenvalue weighted by Crippen LogP contribution is -2.33. The lowest BCUT2D eigenvalue weighted by Gasteiger charge is -2.28. The molecule has 1 heterocycles. The van der Waals surface area contributed by atoms with E-state index in [4.69, 9.17) is 9.97 Å². The van der Waals surface area contributed by atoms with Gasteiger partial charge in [0.15, 0.2) is 0 Å². The molecule has 0 unspecified atom stereocenters. The molecule has 8 heteroatoms. The highest BCUT2D eigenvalue weighted by atomic mass is 32.2. The van der Waals surface area contributed by atoms with E-state index in [1.165, 1.54) is 19.3 Å². The predicted octanol–water partition coefficient (Wildman–Crippen LogP) is 5.19. The lowest BCUT2D eigenvalue weighted by atomic mass is 9.82. The van der Waals surface area contributed by atoms with Crippen LogP contribution in [0.5, 0.6) is 0 Å². The Morgan fingerprint density at radius 2 is 1.56 bits per heavy atom. The minimum atomic E-state index is -3.15. The van der Waals surface area contributed by atoms with Gasteiger partial charge in [-0.05, 0) is 56.1 Å². The fraction of sp³-hybridized carbons (Fsp3) is 0.692. The van der Waals surface area contributed by atoms with Gasteiger partial charge in [-0.2, -0.15) is 4.98 Å². The topological polar surface area (TPSA) is 87.2 Å². The SMILES string of the molecule is CCCCCCCCS(=O)(=O)NC[C@H]1CC[C@H](CNc2nc(N(C)C)c3ccccc3n2)CC1. The third kappa shape index (κ3) is 8.38. The number of anilines is 2. The van der Waals surface area contributed by atoms with Gasteiger partial charge in [0.2, 0.25) is 16.0 Å². The Morgan fingerprint density at radius 3 is 2.26 bits per heavy atom. The van der Waals surface area contributed by atoms with E-state index in [0.717, 1.165) is 68.2 Å². The van der Waals surface area contributed by atoms with E-state index < -0.39 is 10.0 Å². The van der Waals surface area contributed by atoms with Crippen LogP contribution in [0, 0.1) is 11.8 Å². The number of benzene rings is 1. The number of hydrogen-bond acceptors (Lipinski definition) is 6. The normalized spacial score (nSPS) is 18.8. The number of rotatable bonds is 14. The van der Waals surface area contributed by atoms with E-state index in [-0.39, 0.29) is 5.75 Å². The number of fused-ring (bicyclic) bond motifs is 1. The first-order valence-electron chi connectivity index (χ1n) is 13.0. The van der Waals surface area contributed by atoms with Gasteiger partial charge in [-0.3, -0.25) is 0 Å². The summed E-state index contributed by atoms with van der Waals surface area (Å²) in [5.41, 5.74) is 0.945. The van der Waals surface area contributed by atoms with E-state index in [2.05, 4.69) is 23.0 Å². The Bertz CT molecular complexity index is 988. The van der Waals surface area contributed by atoms with Crippen molar-refractivity contribution in [3.05, 3.63) is 24.3 Å². The first-order valence-corrected chi connectivity index (χ1v) is 14.7. The Kier molecular flexibility index (Phi) is 10.4. The first kappa shape index (κ1) is 26.7. The second-order valence-electron chi connectivity index (χ2n) is 9.99. The molecule has 0 radical (unpaired) electrons. The highest BCUT2D eigenvalue weighted by Crippen LogP contribution is 2.29. The predicted molar refractivity (Wildman–Crippen MR) is 143 cm³/mol. The molecular weight excluding hydrogens is 446 g/mol. The van der Waals surface area contributed by atoms with Crippen LogP contribution < -0.4 is 14.9 Å². The third-order valence-corrected chi connectivity index (χ3v) is 8.31. The molecule has 0 saturated heterocycles. The summed E-state index contributed by atoms with van der Waals surface area (Å²) in [7, 11) is 0.858. The average molecular weight is 490 g/mol. The van der Waals surface area contributed by atoms with Crippen LogP contribution in [0.15, 0.2) is 24.3 Å². The molecule has 34 heavy (non-hydrogen) atoms. The van der Waals surface area contributed by atoms with Crippen molar-refractivity contribution in [1.29, 1.82) is 0 Å². The molecule has 2 aromatic rings. The summed E-state index contributed by atoms with van der Waals surface area (Å²) in [6.07, 6.45) is 10.9. The van der Waals surface area contributed by atoms with E-state index in [0.29, 0.717) is 24.3 Å². The number of para-hydroxylation sites is 1. The van der Waals surface area contributed by atoms with Gasteiger partial charge in [0.1, 0.15) is 5.82 Å². The molecular formula is C26H43N5O2S. The Morgan fingerprint density at radius 1 is 0.912 bits per heavy atom. The van der Waals surface area contributed by atoms with Crippen molar-refractivity contribution in [2.45, 2.75) is 71.1 Å². The molecule has 1 aliphatic rings. The van der Waals surface area contributed by atoms with Gasteiger partial charge in [-0.25, -0.2) is 18.1 Å². The summed E-state index contributed by atoms with van der Waals surface area (Å²) in [5.74, 6) is 2.86. The maximum Gasteiger partial charge on any atom is 0.225 e. The van der Waals surface area contributed by atoms with Crippen molar-refractivity contribution in [3.63, 3.8) is 0 Å².